The maximum Gasteiger partial charge on any atom is 0.215 e. The average Bonchev–Trinajstić information content (AvgIpc) is 2.28. The summed E-state index contributed by atoms with van der Waals surface area (Å²) in [4.78, 5) is 0. The SMILES string of the molecule is CCCNCCS(=O)(=O)N1CCCC(C)C1C. The first-order valence-corrected chi connectivity index (χ1v) is 8.30. The first-order valence-electron chi connectivity index (χ1n) is 6.69. The van der Waals surface area contributed by atoms with Crippen LogP contribution in [0.2, 0.25) is 0 Å². The van der Waals surface area contributed by atoms with Crippen LogP contribution in [-0.2, 0) is 10.0 Å². The van der Waals surface area contributed by atoms with Crippen molar-refractivity contribution in [2.24, 2.45) is 5.92 Å². The van der Waals surface area contributed by atoms with E-state index in [2.05, 4.69) is 19.2 Å². The van der Waals surface area contributed by atoms with Gasteiger partial charge in [-0.1, -0.05) is 13.8 Å². The standard InChI is InChI=1S/C12H26N2O2S/c1-4-7-13-8-10-17(15,16)14-9-5-6-11(2)12(14)3/h11-13H,4-10H2,1-3H3. The van der Waals surface area contributed by atoms with E-state index in [4.69, 9.17) is 0 Å². The zero-order chi connectivity index (χ0) is 12.9. The summed E-state index contributed by atoms with van der Waals surface area (Å²) in [5.41, 5.74) is 0. The maximum atomic E-state index is 12.2. The van der Waals surface area contributed by atoms with E-state index in [0.29, 0.717) is 19.0 Å². The minimum absolute atomic E-state index is 0.153. The molecule has 1 saturated heterocycles. The first kappa shape index (κ1) is 14.9. The second-order valence-electron chi connectivity index (χ2n) is 5.04. The Bertz CT molecular complexity index is 316. The molecule has 1 heterocycles. The number of hydrogen-bond acceptors (Lipinski definition) is 3. The molecule has 4 nitrogen and oxygen atoms in total. The molecule has 1 aliphatic heterocycles. The van der Waals surface area contributed by atoms with Crippen molar-refractivity contribution < 1.29 is 8.42 Å². The maximum absolute atomic E-state index is 12.2. The highest BCUT2D eigenvalue weighted by Gasteiger charge is 2.32. The third-order valence-electron chi connectivity index (χ3n) is 3.64. The number of hydrogen-bond donors (Lipinski definition) is 1. The molecule has 0 aromatic rings. The Morgan fingerprint density at radius 3 is 2.65 bits per heavy atom. The molecule has 0 aromatic carbocycles. The van der Waals surface area contributed by atoms with E-state index in [-0.39, 0.29) is 11.8 Å². The zero-order valence-corrected chi connectivity index (χ0v) is 12.1. The van der Waals surface area contributed by atoms with Gasteiger partial charge >= 0.3 is 0 Å². The molecule has 1 fully saturated rings. The van der Waals surface area contributed by atoms with Crippen LogP contribution in [0.5, 0.6) is 0 Å². The Morgan fingerprint density at radius 1 is 1.29 bits per heavy atom. The van der Waals surface area contributed by atoms with E-state index in [1.54, 1.807) is 4.31 Å². The highest BCUT2D eigenvalue weighted by atomic mass is 32.2. The Kier molecular flexibility index (Phi) is 5.89. The van der Waals surface area contributed by atoms with Crippen molar-refractivity contribution in [2.45, 2.75) is 46.1 Å². The van der Waals surface area contributed by atoms with Crippen LogP contribution in [0.15, 0.2) is 0 Å². The summed E-state index contributed by atoms with van der Waals surface area (Å²) >= 11 is 0. The van der Waals surface area contributed by atoms with Gasteiger partial charge in [0.1, 0.15) is 0 Å². The second kappa shape index (κ2) is 6.71. The van der Waals surface area contributed by atoms with Crippen molar-refractivity contribution in [3.8, 4) is 0 Å². The van der Waals surface area contributed by atoms with Crippen molar-refractivity contribution in [1.82, 2.24) is 9.62 Å². The van der Waals surface area contributed by atoms with Gasteiger partial charge in [-0.25, -0.2) is 8.42 Å². The van der Waals surface area contributed by atoms with Crippen LogP contribution in [0.4, 0.5) is 0 Å². The molecule has 102 valence electrons. The van der Waals surface area contributed by atoms with Gasteiger partial charge in [0.25, 0.3) is 0 Å². The zero-order valence-electron chi connectivity index (χ0n) is 11.3. The molecule has 1 aliphatic rings. The van der Waals surface area contributed by atoms with E-state index in [1.165, 1.54) is 0 Å². The summed E-state index contributed by atoms with van der Waals surface area (Å²) in [7, 11) is -3.08. The summed E-state index contributed by atoms with van der Waals surface area (Å²) in [6.07, 6.45) is 3.17. The lowest BCUT2D eigenvalue weighted by molar-refractivity contribution is 0.202. The molecule has 1 rings (SSSR count). The summed E-state index contributed by atoms with van der Waals surface area (Å²) < 4.78 is 26.1. The van der Waals surface area contributed by atoms with Gasteiger partial charge in [0.15, 0.2) is 0 Å². The van der Waals surface area contributed by atoms with Crippen molar-refractivity contribution in [3.63, 3.8) is 0 Å². The summed E-state index contributed by atoms with van der Waals surface area (Å²) in [6.45, 7) is 8.40. The van der Waals surface area contributed by atoms with Gasteiger partial charge in [0, 0.05) is 19.1 Å². The molecule has 5 heteroatoms. The van der Waals surface area contributed by atoms with E-state index in [1.807, 2.05) is 6.92 Å². The van der Waals surface area contributed by atoms with E-state index >= 15 is 0 Å². The number of piperidine rings is 1. The van der Waals surface area contributed by atoms with E-state index in [9.17, 15) is 8.42 Å². The molecule has 1 N–H and O–H groups in total. The lowest BCUT2D eigenvalue weighted by Crippen LogP contribution is -2.47. The van der Waals surface area contributed by atoms with Crippen molar-refractivity contribution in [3.05, 3.63) is 0 Å². The molecular weight excluding hydrogens is 236 g/mol. The van der Waals surface area contributed by atoms with Crippen molar-refractivity contribution in [1.29, 1.82) is 0 Å². The predicted molar refractivity (Wildman–Crippen MR) is 71.5 cm³/mol. The van der Waals surface area contributed by atoms with Gasteiger partial charge in [-0.05, 0) is 38.6 Å². The molecule has 0 saturated carbocycles. The quantitative estimate of drug-likeness (QED) is 0.737. The lowest BCUT2D eigenvalue weighted by atomic mass is 9.94. The smallest absolute Gasteiger partial charge is 0.215 e. The second-order valence-corrected chi connectivity index (χ2v) is 7.08. The van der Waals surface area contributed by atoms with Gasteiger partial charge in [0.05, 0.1) is 5.75 Å². The number of nitrogens with one attached hydrogen (secondary N) is 1. The molecule has 0 bridgehead atoms. The lowest BCUT2D eigenvalue weighted by Gasteiger charge is -2.36. The van der Waals surface area contributed by atoms with Crippen molar-refractivity contribution in [2.75, 3.05) is 25.4 Å². The highest BCUT2D eigenvalue weighted by molar-refractivity contribution is 7.89. The predicted octanol–water partition coefficient (Wildman–Crippen LogP) is 1.44. The van der Waals surface area contributed by atoms with Gasteiger partial charge in [-0.2, -0.15) is 4.31 Å². The normalized spacial score (nSPS) is 27.2. The summed E-state index contributed by atoms with van der Waals surface area (Å²) in [5, 5.41) is 3.15. The monoisotopic (exact) mass is 262 g/mol. The van der Waals surface area contributed by atoms with E-state index < -0.39 is 10.0 Å². The molecular formula is C12H26N2O2S. The largest absolute Gasteiger partial charge is 0.316 e. The van der Waals surface area contributed by atoms with Crippen LogP contribution < -0.4 is 5.32 Å². The Labute approximate surface area is 106 Å². The number of rotatable bonds is 6. The Morgan fingerprint density at radius 2 is 2.00 bits per heavy atom. The van der Waals surface area contributed by atoms with E-state index in [0.717, 1.165) is 25.8 Å². The highest BCUT2D eigenvalue weighted by Crippen LogP contribution is 2.25. The summed E-state index contributed by atoms with van der Waals surface area (Å²) in [5.74, 6) is 0.700. The first-order chi connectivity index (χ1) is 7.99. The summed E-state index contributed by atoms with van der Waals surface area (Å²) in [6, 6.07) is 0.153. The van der Waals surface area contributed by atoms with Gasteiger partial charge in [-0.15, -0.1) is 0 Å². The molecule has 0 spiro atoms. The van der Waals surface area contributed by atoms with Crippen LogP contribution >= 0.6 is 0 Å². The Hall–Kier alpha value is -0.130. The van der Waals surface area contributed by atoms with Crippen LogP contribution in [0.3, 0.4) is 0 Å². The minimum atomic E-state index is -3.08. The van der Waals surface area contributed by atoms with Crippen LogP contribution in [0, 0.1) is 5.92 Å². The van der Waals surface area contributed by atoms with Gasteiger partial charge in [-0.3, -0.25) is 0 Å². The Balaban J connectivity index is 2.51. The van der Waals surface area contributed by atoms with Crippen LogP contribution in [-0.4, -0.2) is 44.2 Å². The molecule has 17 heavy (non-hydrogen) atoms. The molecule has 0 aliphatic carbocycles. The average molecular weight is 262 g/mol. The third-order valence-corrected chi connectivity index (χ3v) is 5.59. The topological polar surface area (TPSA) is 49.4 Å². The fraction of sp³-hybridized carbons (Fsp3) is 1.00. The fourth-order valence-corrected chi connectivity index (χ4v) is 4.07. The van der Waals surface area contributed by atoms with Gasteiger partial charge < -0.3 is 5.32 Å². The van der Waals surface area contributed by atoms with Crippen LogP contribution in [0.25, 0.3) is 0 Å². The number of nitrogens with zero attached hydrogens (tertiary/aromatic N) is 1. The molecule has 0 amide bonds. The van der Waals surface area contributed by atoms with Gasteiger partial charge in [0.2, 0.25) is 10.0 Å². The molecule has 0 aromatic heterocycles. The third kappa shape index (κ3) is 4.23. The molecule has 2 atom stereocenters. The fourth-order valence-electron chi connectivity index (χ4n) is 2.31. The molecule has 0 radical (unpaired) electrons. The van der Waals surface area contributed by atoms with Crippen LogP contribution in [0.1, 0.15) is 40.0 Å². The minimum Gasteiger partial charge on any atom is -0.316 e. The molecule has 2 unspecified atom stereocenters. The number of sulfonamides is 1. The van der Waals surface area contributed by atoms with Crippen molar-refractivity contribution >= 4 is 10.0 Å².